The lowest BCUT2D eigenvalue weighted by atomic mass is 10.1. The molecule has 0 saturated heterocycles. The van der Waals surface area contributed by atoms with Gasteiger partial charge in [0, 0.05) is 45.5 Å². The molecular weight excluding hydrogens is 380 g/mol. The first kappa shape index (κ1) is 23.3. The summed E-state index contributed by atoms with van der Waals surface area (Å²) in [4.78, 5) is 18.4. The SMILES string of the molecule is CN=C(NCCCCn1c(C)cccc1=O)N(C)CCc1ccc(OC)c(OC)c1. The van der Waals surface area contributed by atoms with Crippen LogP contribution in [0.5, 0.6) is 11.5 Å². The number of nitrogens with zero attached hydrogens (tertiary/aromatic N) is 3. The van der Waals surface area contributed by atoms with Crippen molar-refractivity contribution in [2.24, 2.45) is 4.99 Å². The largest absolute Gasteiger partial charge is 0.493 e. The number of aliphatic imine (C=N–C) groups is 1. The fourth-order valence-electron chi connectivity index (χ4n) is 3.33. The predicted octanol–water partition coefficient (Wildman–Crippen LogP) is 2.70. The van der Waals surface area contributed by atoms with E-state index in [1.54, 1.807) is 33.4 Å². The summed E-state index contributed by atoms with van der Waals surface area (Å²) in [5.41, 5.74) is 2.24. The predicted molar refractivity (Wildman–Crippen MR) is 122 cm³/mol. The van der Waals surface area contributed by atoms with Gasteiger partial charge >= 0.3 is 0 Å². The van der Waals surface area contributed by atoms with Crippen molar-refractivity contribution in [2.45, 2.75) is 32.7 Å². The van der Waals surface area contributed by atoms with Gasteiger partial charge in [-0.3, -0.25) is 9.79 Å². The number of hydrogen-bond donors (Lipinski definition) is 1. The van der Waals surface area contributed by atoms with Crippen LogP contribution in [0.3, 0.4) is 0 Å². The van der Waals surface area contributed by atoms with Crippen LogP contribution in [-0.4, -0.2) is 56.8 Å². The third-order valence-corrected chi connectivity index (χ3v) is 5.12. The minimum atomic E-state index is 0.0636. The quantitative estimate of drug-likeness (QED) is 0.368. The molecule has 0 atom stereocenters. The number of aryl methyl sites for hydroxylation is 1. The summed E-state index contributed by atoms with van der Waals surface area (Å²) in [7, 11) is 7.11. The summed E-state index contributed by atoms with van der Waals surface area (Å²) in [6.45, 7) is 4.34. The van der Waals surface area contributed by atoms with Crippen molar-refractivity contribution in [3.63, 3.8) is 0 Å². The van der Waals surface area contributed by atoms with E-state index in [4.69, 9.17) is 9.47 Å². The second kappa shape index (κ2) is 11.9. The first-order valence-corrected chi connectivity index (χ1v) is 10.3. The normalized spacial score (nSPS) is 11.3. The summed E-state index contributed by atoms with van der Waals surface area (Å²) >= 11 is 0. The first-order valence-electron chi connectivity index (χ1n) is 10.3. The Morgan fingerprint density at radius 1 is 1.13 bits per heavy atom. The monoisotopic (exact) mass is 414 g/mol. The van der Waals surface area contributed by atoms with Gasteiger partial charge in [0.15, 0.2) is 17.5 Å². The number of guanidine groups is 1. The van der Waals surface area contributed by atoms with E-state index >= 15 is 0 Å². The van der Waals surface area contributed by atoms with Crippen LogP contribution in [0.25, 0.3) is 0 Å². The summed E-state index contributed by atoms with van der Waals surface area (Å²) in [5.74, 6) is 2.34. The van der Waals surface area contributed by atoms with Crippen molar-refractivity contribution < 1.29 is 9.47 Å². The summed E-state index contributed by atoms with van der Waals surface area (Å²) in [5, 5.41) is 3.41. The van der Waals surface area contributed by atoms with Crippen LogP contribution < -0.4 is 20.3 Å². The smallest absolute Gasteiger partial charge is 0.250 e. The van der Waals surface area contributed by atoms with Gasteiger partial charge in [-0.15, -0.1) is 0 Å². The number of rotatable bonds is 10. The Kier molecular flexibility index (Phi) is 9.25. The molecule has 1 aromatic carbocycles. The standard InChI is InChI=1S/C23H34N4O3/c1-18-9-8-10-22(28)27(18)15-7-6-14-25-23(24-2)26(3)16-13-19-11-12-20(29-4)21(17-19)30-5/h8-12,17H,6-7,13-16H2,1-5H3,(H,24,25). The van der Waals surface area contributed by atoms with E-state index in [0.29, 0.717) is 0 Å². The van der Waals surface area contributed by atoms with E-state index < -0.39 is 0 Å². The van der Waals surface area contributed by atoms with Crippen molar-refractivity contribution in [2.75, 3.05) is 41.4 Å². The molecule has 0 spiro atoms. The lowest BCUT2D eigenvalue weighted by molar-refractivity contribution is 0.354. The number of nitrogens with one attached hydrogen (secondary N) is 1. The first-order chi connectivity index (χ1) is 14.5. The second-order valence-corrected chi connectivity index (χ2v) is 7.20. The van der Waals surface area contributed by atoms with E-state index in [2.05, 4.69) is 21.3 Å². The maximum Gasteiger partial charge on any atom is 0.250 e. The van der Waals surface area contributed by atoms with Gasteiger partial charge in [0.1, 0.15) is 0 Å². The number of likely N-dealkylation sites (N-methyl/N-ethyl adjacent to an activating group) is 1. The van der Waals surface area contributed by atoms with Gasteiger partial charge in [0.25, 0.3) is 5.56 Å². The average Bonchev–Trinajstić information content (AvgIpc) is 2.76. The summed E-state index contributed by atoms with van der Waals surface area (Å²) in [6.07, 6.45) is 2.77. The molecule has 0 fully saturated rings. The zero-order valence-electron chi connectivity index (χ0n) is 18.8. The molecule has 2 aromatic rings. The van der Waals surface area contributed by atoms with Crippen LogP contribution in [0, 0.1) is 6.92 Å². The second-order valence-electron chi connectivity index (χ2n) is 7.20. The van der Waals surface area contributed by atoms with E-state index in [9.17, 15) is 4.79 Å². The average molecular weight is 415 g/mol. The Bertz CT molecular complexity index is 892. The molecule has 1 heterocycles. The lowest BCUT2D eigenvalue weighted by Crippen LogP contribution is -2.40. The number of pyridine rings is 1. The minimum Gasteiger partial charge on any atom is -0.493 e. The maximum absolute atomic E-state index is 11.9. The molecule has 0 aliphatic carbocycles. The number of hydrogen-bond acceptors (Lipinski definition) is 4. The maximum atomic E-state index is 11.9. The van der Waals surface area contributed by atoms with Crippen molar-refractivity contribution in [3.8, 4) is 11.5 Å². The van der Waals surface area contributed by atoms with Crippen molar-refractivity contribution >= 4 is 5.96 Å². The molecule has 0 saturated carbocycles. The van der Waals surface area contributed by atoms with Gasteiger partial charge in [-0.2, -0.15) is 0 Å². The number of aromatic nitrogens is 1. The van der Waals surface area contributed by atoms with Crippen molar-refractivity contribution in [1.82, 2.24) is 14.8 Å². The highest BCUT2D eigenvalue weighted by molar-refractivity contribution is 5.79. The molecule has 1 N–H and O–H groups in total. The third-order valence-electron chi connectivity index (χ3n) is 5.12. The van der Waals surface area contributed by atoms with Gasteiger partial charge in [0.2, 0.25) is 0 Å². The lowest BCUT2D eigenvalue weighted by Gasteiger charge is -2.22. The van der Waals surface area contributed by atoms with Gasteiger partial charge < -0.3 is 24.3 Å². The Morgan fingerprint density at radius 3 is 2.57 bits per heavy atom. The fraction of sp³-hybridized carbons (Fsp3) is 0.478. The zero-order valence-corrected chi connectivity index (χ0v) is 18.8. The Hall–Kier alpha value is -2.96. The van der Waals surface area contributed by atoms with Gasteiger partial charge in [0.05, 0.1) is 14.2 Å². The molecule has 0 radical (unpaired) electrons. The van der Waals surface area contributed by atoms with Gasteiger partial charge in [-0.25, -0.2) is 0 Å². The van der Waals surface area contributed by atoms with Crippen LogP contribution in [0.2, 0.25) is 0 Å². The Morgan fingerprint density at radius 2 is 1.90 bits per heavy atom. The summed E-state index contributed by atoms with van der Waals surface area (Å²) in [6, 6.07) is 11.4. The van der Waals surface area contributed by atoms with E-state index in [1.807, 2.05) is 36.7 Å². The molecule has 0 bridgehead atoms. The topological polar surface area (TPSA) is 68.1 Å². The highest BCUT2D eigenvalue weighted by Gasteiger charge is 2.08. The number of methoxy groups -OCH3 is 2. The highest BCUT2D eigenvalue weighted by atomic mass is 16.5. The van der Waals surface area contributed by atoms with Crippen LogP contribution >= 0.6 is 0 Å². The van der Waals surface area contributed by atoms with Crippen LogP contribution in [0.4, 0.5) is 0 Å². The molecule has 0 amide bonds. The Labute approximate surface area is 179 Å². The summed E-state index contributed by atoms with van der Waals surface area (Å²) < 4.78 is 12.5. The molecule has 164 valence electrons. The molecule has 0 aliphatic heterocycles. The van der Waals surface area contributed by atoms with Crippen LogP contribution in [-0.2, 0) is 13.0 Å². The number of benzene rings is 1. The van der Waals surface area contributed by atoms with Crippen molar-refractivity contribution in [1.29, 1.82) is 0 Å². The molecule has 0 unspecified atom stereocenters. The van der Waals surface area contributed by atoms with Crippen LogP contribution in [0.15, 0.2) is 46.2 Å². The number of unbranched alkanes of at least 4 members (excludes halogenated alkanes) is 1. The number of ether oxygens (including phenoxy) is 2. The van der Waals surface area contributed by atoms with Crippen molar-refractivity contribution in [3.05, 3.63) is 58.0 Å². The molecule has 0 aliphatic rings. The molecule has 2 rings (SSSR count). The molecule has 7 nitrogen and oxygen atoms in total. The zero-order chi connectivity index (χ0) is 21.9. The van der Waals surface area contributed by atoms with E-state index in [1.165, 1.54) is 5.56 Å². The van der Waals surface area contributed by atoms with Crippen LogP contribution in [0.1, 0.15) is 24.1 Å². The minimum absolute atomic E-state index is 0.0636. The third kappa shape index (κ3) is 6.54. The van der Waals surface area contributed by atoms with E-state index in [0.717, 1.165) is 62.0 Å². The van der Waals surface area contributed by atoms with Gasteiger partial charge in [-0.05, 0) is 49.9 Å². The molecule has 7 heteroatoms. The van der Waals surface area contributed by atoms with E-state index in [-0.39, 0.29) is 5.56 Å². The molecule has 30 heavy (non-hydrogen) atoms. The molecular formula is C23H34N4O3. The highest BCUT2D eigenvalue weighted by Crippen LogP contribution is 2.27. The Balaban J connectivity index is 1.77. The fourth-order valence-corrected chi connectivity index (χ4v) is 3.33. The molecule has 1 aromatic heterocycles. The van der Waals surface area contributed by atoms with Gasteiger partial charge in [-0.1, -0.05) is 12.1 Å².